The van der Waals surface area contributed by atoms with Gasteiger partial charge in [-0.1, -0.05) is 30.3 Å². The van der Waals surface area contributed by atoms with Crippen molar-refractivity contribution in [3.05, 3.63) is 60.0 Å². The first kappa shape index (κ1) is 12.5. The number of aliphatic hydroxyl groups excluding tert-OH is 1. The van der Waals surface area contributed by atoms with Crippen molar-refractivity contribution in [3.63, 3.8) is 0 Å². The molecular formula is C14H15FN2O. The van der Waals surface area contributed by atoms with Crippen LogP contribution in [0.3, 0.4) is 0 Å². The molecule has 3 nitrogen and oxygen atoms in total. The van der Waals surface area contributed by atoms with Gasteiger partial charge >= 0.3 is 0 Å². The molecule has 18 heavy (non-hydrogen) atoms. The maximum atomic E-state index is 12.7. The minimum Gasteiger partial charge on any atom is -0.394 e. The van der Waals surface area contributed by atoms with E-state index in [0.717, 1.165) is 11.8 Å². The van der Waals surface area contributed by atoms with Crippen LogP contribution >= 0.6 is 0 Å². The predicted molar refractivity (Wildman–Crippen MR) is 68.8 cm³/mol. The molecule has 2 aromatic rings. The molecule has 0 bridgehead atoms. The zero-order chi connectivity index (χ0) is 12.8. The van der Waals surface area contributed by atoms with Gasteiger partial charge in [0, 0.05) is 0 Å². The molecule has 0 aliphatic carbocycles. The summed E-state index contributed by atoms with van der Waals surface area (Å²) in [4.78, 5) is 3.91. The van der Waals surface area contributed by atoms with Crippen LogP contribution in [0.15, 0.2) is 48.7 Å². The molecule has 1 unspecified atom stereocenters. The van der Waals surface area contributed by atoms with Gasteiger partial charge in [-0.2, -0.15) is 0 Å². The van der Waals surface area contributed by atoms with E-state index in [2.05, 4.69) is 10.3 Å². The smallest absolute Gasteiger partial charge is 0.141 e. The SMILES string of the molecule is OCC(Cc1ccccc1)Nc1ccc(F)cn1. The Kier molecular flexibility index (Phi) is 4.25. The maximum Gasteiger partial charge on any atom is 0.141 e. The number of nitrogens with one attached hydrogen (secondary N) is 1. The standard InChI is InChI=1S/C14H15FN2O/c15-12-6-7-14(16-9-12)17-13(10-18)8-11-4-2-1-3-5-11/h1-7,9,13,18H,8,10H2,(H,16,17). The second-order valence-corrected chi connectivity index (χ2v) is 4.08. The van der Waals surface area contributed by atoms with Crippen molar-refractivity contribution in [1.29, 1.82) is 0 Å². The molecule has 1 aromatic carbocycles. The summed E-state index contributed by atoms with van der Waals surface area (Å²) in [5.41, 5.74) is 1.13. The van der Waals surface area contributed by atoms with E-state index in [1.807, 2.05) is 30.3 Å². The van der Waals surface area contributed by atoms with Gasteiger partial charge in [-0.05, 0) is 24.1 Å². The van der Waals surface area contributed by atoms with E-state index in [0.29, 0.717) is 12.2 Å². The first-order chi connectivity index (χ1) is 8.78. The number of benzene rings is 1. The average molecular weight is 246 g/mol. The van der Waals surface area contributed by atoms with Gasteiger partial charge in [-0.3, -0.25) is 0 Å². The Labute approximate surface area is 105 Å². The van der Waals surface area contributed by atoms with Crippen molar-refractivity contribution in [3.8, 4) is 0 Å². The number of hydrogen-bond donors (Lipinski definition) is 2. The van der Waals surface area contributed by atoms with E-state index in [4.69, 9.17) is 0 Å². The lowest BCUT2D eigenvalue weighted by Crippen LogP contribution is -2.26. The lowest BCUT2D eigenvalue weighted by molar-refractivity contribution is 0.273. The summed E-state index contributed by atoms with van der Waals surface area (Å²) >= 11 is 0. The molecule has 0 aliphatic rings. The van der Waals surface area contributed by atoms with Crippen LogP contribution in [-0.4, -0.2) is 22.7 Å². The molecule has 0 aliphatic heterocycles. The molecule has 94 valence electrons. The summed E-state index contributed by atoms with van der Waals surface area (Å²) in [5.74, 6) is 0.190. The summed E-state index contributed by atoms with van der Waals surface area (Å²) in [6, 6.07) is 12.6. The van der Waals surface area contributed by atoms with Gasteiger partial charge in [-0.15, -0.1) is 0 Å². The van der Waals surface area contributed by atoms with Gasteiger partial charge < -0.3 is 10.4 Å². The largest absolute Gasteiger partial charge is 0.394 e. The van der Waals surface area contributed by atoms with Crippen molar-refractivity contribution in [1.82, 2.24) is 4.98 Å². The van der Waals surface area contributed by atoms with Crippen molar-refractivity contribution >= 4 is 5.82 Å². The van der Waals surface area contributed by atoms with E-state index in [1.165, 1.54) is 6.07 Å². The molecule has 2 rings (SSSR count). The van der Waals surface area contributed by atoms with Crippen molar-refractivity contribution in [2.75, 3.05) is 11.9 Å². The fourth-order valence-corrected chi connectivity index (χ4v) is 1.73. The van der Waals surface area contributed by atoms with Crippen LogP contribution < -0.4 is 5.32 Å². The number of nitrogens with zero attached hydrogens (tertiary/aromatic N) is 1. The van der Waals surface area contributed by atoms with Gasteiger partial charge in [0.25, 0.3) is 0 Å². The number of pyridine rings is 1. The van der Waals surface area contributed by atoms with Gasteiger partial charge in [-0.25, -0.2) is 9.37 Å². The molecule has 0 radical (unpaired) electrons. The fourth-order valence-electron chi connectivity index (χ4n) is 1.73. The zero-order valence-corrected chi connectivity index (χ0v) is 9.88. The van der Waals surface area contributed by atoms with Crippen LogP contribution in [-0.2, 0) is 6.42 Å². The van der Waals surface area contributed by atoms with E-state index in [9.17, 15) is 9.50 Å². The molecule has 1 aromatic heterocycles. The second kappa shape index (κ2) is 6.12. The van der Waals surface area contributed by atoms with Gasteiger partial charge in [0.2, 0.25) is 0 Å². The summed E-state index contributed by atoms with van der Waals surface area (Å²) in [5, 5.41) is 12.4. The highest BCUT2D eigenvalue weighted by molar-refractivity contribution is 5.35. The lowest BCUT2D eigenvalue weighted by Gasteiger charge is -2.16. The molecule has 1 atom stereocenters. The van der Waals surface area contributed by atoms with E-state index in [-0.39, 0.29) is 18.5 Å². The Morgan fingerprint density at radius 3 is 2.56 bits per heavy atom. The summed E-state index contributed by atoms with van der Waals surface area (Å²) < 4.78 is 12.7. The third-order valence-electron chi connectivity index (χ3n) is 2.62. The Morgan fingerprint density at radius 1 is 1.17 bits per heavy atom. The highest BCUT2D eigenvalue weighted by Crippen LogP contribution is 2.09. The van der Waals surface area contributed by atoms with Crippen LogP contribution in [0.5, 0.6) is 0 Å². The number of aliphatic hydroxyl groups is 1. The van der Waals surface area contributed by atoms with Crippen LogP contribution in [0.2, 0.25) is 0 Å². The predicted octanol–water partition coefficient (Wildman–Crippen LogP) is 2.24. The van der Waals surface area contributed by atoms with Crippen LogP contribution in [0.1, 0.15) is 5.56 Å². The molecule has 2 N–H and O–H groups in total. The monoisotopic (exact) mass is 246 g/mol. The first-order valence-corrected chi connectivity index (χ1v) is 5.81. The molecule has 0 fully saturated rings. The lowest BCUT2D eigenvalue weighted by atomic mass is 10.1. The van der Waals surface area contributed by atoms with Gasteiger partial charge in [0.05, 0.1) is 18.8 Å². The zero-order valence-electron chi connectivity index (χ0n) is 9.88. The third-order valence-corrected chi connectivity index (χ3v) is 2.62. The van der Waals surface area contributed by atoms with E-state index in [1.54, 1.807) is 6.07 Å². The van der Waals surface area contributed by atoms with Crippen molar-refractivity contribution in [2.45, 2.75) is 12.5 Å². The van der Waals surface area contributed by atoms with Crippen LogP contribution in [0.4, 0.5) is 10.2 Å². The van der Waals surface area contributed by atoms with Crippen LogP contribution in [0.25, 0.3) is 0 Å². The number of aromatic nitrogens is 1. The molecule has 0 saturated carbocycles. The normalized spacial score (nSPS) is 12.1. The van der Waals surface area contributed by atoms with Gasteiger partial charge in [0.15, 0.2) is 0 Å². The fraction of sp³-hybridized carbons (Fsp3) is 0.214. The Bertz CT molecular complexity index is 473. The molecule has 1 heterocycles. The van der Waals surface area contributed by atoms with Crippen molar-refractivity contribution in [2.24, 2.45) is 0 Å². The molecule has 0 spiro atoms. The first-order valence-electron chi connectivity index (χ1n) is 5.81. The molecular weight excluding hydrogens is 231 g/mol. The summed E-state index contributed by atoms with van der Waals surface area (Å²) in [6.07, 6.45) is 1.84. The highest BCUT2D eigenvalue weighted by Gasteiger charge is 2.08. The Balaban J connectivity index is 1.99. The van der Waals surface area contributed by atoms with E-state index >= 15 is 0 Å². The quantitative estimate of drug-likeness (QED) is 0.850. The minimum absolute atomic E-state index is 0.00600. The Morgan fingerprint density at radius 2 is 1.94 bits per heavy atom. The molecule has 0 amide bonds. The minimum atomic E-state index is -0.371. The topological polar surface area (TPSA) is 45.1 Å². The second-order valence-electron chi connectivity index (χ2n) is 4.08. The highest BCUT2D eigenvalue weighted by atomic mass is 19.1. The number of rotatable bonds is 5. The average Bonchev–Trinajstić information content (AvgIpc) is 2.41. The number of hydrogen-bond acceptors (Lipinski definition) is 3. The Hall–Kier alpha value is -1.94. The van der Waals surface area contributed by atoms with Gasteiger partial charge in [0.1, 0.15) is 11.6 Å². The molecule has 0 saturated heterocycles. The summed E-state index contributed by atoms with van der Waals surface area (Å²) in [7, 11) is 0. The molecule has 4 heteroatoms. The number of halogens is 1. The van der Waals surface area contributed by atoms with Crippen molar-refractivity contribution < 1.29 is 9.50 Å². The summed E-state index contributed by atoms with van der Waals surface area (Å²) in [6.45, 7) is -0.00600. The maximum absolute atomic E-state index is 12.7. The van der Waals surface area contributed by atoms with Crippen LogP contribution in [0, 0.1) is 5.82 Å². The number of anilines is 1. The third kappa shape index (κ3) is 3.53. The van der Waals surface area contributed by atoms with E-state index < -0.39 is 0 Å².